The van der Waals surface area contributed by atoms with Gasteiger partial charge in [0.05, 0.1) is 4.90 Å². The molecule has 1 aliphatic rings. The summed E-state index contributed by atoms with van der Waals surface area (Å²) in [4.78, 5) is 1.52. The predicted octanol–water partition coefficient (Wildman–Crippen LogP) is 2.67. The van der Waals surface area contributed by atoms with Gasteiger partial charge in [0.15, 0.2) is 0 Å². The molecule has 0 aromatic carbocycles. The Labute approximate surface area is 126 Å². The summed E-state index contributed by atoms with van der Waals surface area (Å²) in [6, 6.07) is 2.45. The van der Waals surface area contributed by atoms with Gasteiger partial charge in [-0.3, -0.25) is 0 Å². The lowest BCUT2D eigenvalue weighted by molar-refractivity contribution is 0.394. The molecule has 4 nitrogen and oxygen atoms in total. The Bertz CT molecular complexity index is 535. The van der Waals surface area contributed by atoms with Crippen LogP contribution in [-0.4, -0.2) is 32.4 Å². The average molecular weight is 316 g/mol. The molecule has 1 unspecified atom stereocenters. The lowest BCUT2D eigenvalue weighted by atomic mass is 10.1. The molecule has 1 aromatic rings. The third-order valence-corrected chi connectivity index (χ3v) is 6.63. The summed E-state index contributed by atoms with van der Waals surface area (Å²) in [7, 11) is -1.66. The Morgan fingerprint density at radius 2 is 2.20 bits per heavy atom. The summed E-state index contributed by atoms with van der Waals surface area (Å²) in [6.45, 7) is 5.51. The standard InChI is InChI=1S/C14H24N2O2S2/c1-4-11(2)9-16(3)20(17,18)14-7-13(19-10-14)8-15-12-5-6-12/h7,10-12,15H,4-6,8-9H2,1-3H3. The number of sulfonamides is 1. The summed E-state index contributed by atoms with van der Waals surface area (Å²) in [5, 5.41) is 5.17. The highest BCUT2D eigenvalue weighted by Gasteiger charge is 2.24. The van der Waals surface area contributed by atoms with Gasteiger partial charge in [0.1, 0.15) is 0 Å². The third-order valence-electron chi connectivity index (χ3n) is 3.75. The fourth-order valence-electron chi connectivity index (χ4n) is 1.97. The van der Waals surface area contributed by atoms with E-state index in [9.17, 15) is 8.42 Å². The zero-order chi connectivity index (χ0) is 14.8. The van der Waals surface area contributed by atoms with Crippen LogP contribution in [0.3, 0.4) is 0 Å². The van der Waals surface area contributed by atoms with Crippen molar-refractivity contribution in [2.45, 2.75) is 50.6 Å². The Hall–Kier alpha value is -0.430. The Kier molecular flexibility index (Phi) is 5.23. The smallest absolute Gasteiger partial charge is 0.243 e. The van der Waals surface area contributed by atoms with Crippen LogP contribution in [0, 0.1) is 5.92 Å². The lowest BCUT2D eigenvalue weighted by Crippen LogP contribution is -2.30. The first-order valence-electron chi connectivity index (χ1n) is 7.20. The Morgan fingerprint density at radius 3 is 2.80 bits per heavy atom. The topological polar surface area (TPSA) is 49.4 Å². The molecule has 1 fully saturated rings. The number of nitrogens with one attached hydrogen (secondary N) is 1. The van der Waals surface area contributed by atoms with Gasteiger partial charge < -0.3 is 5.32 Å². The minimum atomic E-state index is -3.33. The van der Waals surface area contributed by atoms with Crippen molar-refractivity contribution in [2.75, 3.05) is 13.6 Å². The van der Waals surface area contributed by atoms with Crippen LogP contribution in [0.2, 0.25) is 0 Å². The summed E-state index contributed by atoms with van der Waals surface area (Å²) in [6.07, 6.45) is 3.47. The van der Waals surface area contributed by atoms with Crippen molar-refractivity contribution in [3.05, 3.63) is 16.3 Å². The quantitative estimate of drug-likeness (QED) is 0.802. The van der Waals surface area contributed by atoms with Gasteiger partial charge >= 0.3 is 0 Å². The van der Waals surface area contributed by atoms with Crippen molar-refractivity contribution in [2.24, 2.45) is 5.92 Å². The van der Waals surface area contributed by atoms with E-state index in [1.807, 2.05) is 6.07 Å². The van der Waals surface area contributed by atoms with Gasteiger partial charge in [-0.15, -0.1) is 11.3 Å². The van der Waals surface area contributed by atoms with E-state index in [0.717, 1.165) is 17.8 Å². The first-order chi connectivity index (χ1) is 9.43. The molecule has 1 N–H and O–H groups in total. The minimum absolute atomic E-state index is 0.379. The highest BCUT2D eigenvalue weighted by atomic mass is 32.2. The van der Waals surface area contributed by atoms with Gasteiger partial charge in [0.2, 0.25) is 10.0 Å². The predicted molar refractivity (Wildman–Crippen MR) is 83.5 cm³/mol. The number of thiophene rings is 1. The molecule has 0 saturated heterocycles. The van der Waals surface area contributed by atoms with E-state index in [4.69, 9.17) is 0 Å². The van der Waals surface area contributed by atoms with Gasteiger partial charge in [-0.2, -0.15) is 0 Å². The molecule has 1 aromatic heterocycles. The van der Waals surface area contributed by atoms with Crippen molar-refractivity contribution in [1.82, 2.24) is 9.62 Å². The molecule has 0 aliphatic heterocycles. The molecule has 0 bridgehead atoms. The van der Waals surface area contributed by atoms with Gasteiger partial charge in [-0.05, 0) is 24.8 Å². The monoisotopic (exact) mass is 316 g/mol. The van der Waals surface area contributed by atoms with Gasteiger partial charge in [-0.1, -0.05) is 20.3 Å². The van der Waals surface area contributed by atoms with Crippen LogP contribution in [0.25, 0.3) is 0 Å². The Morgan fingerprint density at radius 1 is 1.50 bits per heavy atom. The van der Waals surface area contributed by atoms with Crippen LogP contribution in [0.15, 0.2) is 16.3 Å². The van der Waals surface area contributed by atoms with Crippen LogP contribution in [0.1, 0.15) is 38.0 Å². The van der Waals surface area contributed by atoms with Crippen LogP contribution >= 0.6 is 11.3 Å². The molecular weight excluding hydrogens is 292 g/mol. The van der Waals surface area contributed by atoms with Crippen LogP contribution in [0.5, 0.6) is 0 Å². The van der Waals surface area contributed by atoms with Crippen molar-refractivity contribution in [1.29, 1.82) is 0 Å². The third kappa shape index (κ3) is 4.04. The molecular formula is C14H24N2O2S2. The normalized spacial score (nSPS) is 17.6. The SMILES string of the molecule is CCC(C)CN(C)S(=O)(=O)c1csc(CNC2CC2)c1. The fraction of sp³-hybridized carbons (Fsp3) is 0.714. The fourth-order valence-corrected chi connectivity index (χ4v) is 4.47. The largest absolute Gasteiger partial charge is 0.309 e. The maximum absolute atomic E-state index is 12.5. The van der Waals surface area contributed by atoms with Gasteiger partial charge in [0.25, 0.3) is 0 Å². The maximum Gasteiger partial charge on any atom is 0.243 e. The van der Waals surface area contributed by atoms with E-state index in [1.165, 1.54) is 28.5 Å². The Balaban J connectivity index is 2.00. The van der Waals surface area contributed by atoms with Crippen molar-refractivity contribution in [3.8, 4) is 0 Å². The summed E-state index contributed by atoms with van der Waals surface area (Å²) < 4.78 is 26.4. The molecule has 20 heavy (non-hydrogen) atoms. The van der Waals surface area contributed by atoms with E-state index < -0.39 is 10.0 Å². The van der Waals surface area contributed by atoms with Gasteiger partial charge in [-0.25, -0.2) is 12.7 Å². The first-order valence-corrected chi connectivity index (χ1v) is 9.52. The summed E-state index contributed by atoms with van der Waals surface area (Å²) in [5.41, 5.74) is 0. The molecule has 1 heterocycles. The molecule has 0 spiro atoms. The van der Waals surface area contributed by atoms with Crippen molar-refractivity contribution >= 4 is 21.4 Å². The number of nitrogens with zero attached hydrogens (tertiary/aromatic N) is 1. The second-order valence-corrected chi connectivity index (χ2v) is 8.74. The molecule has 0 amide bonds. The van der Waals surface area contributed by atoms with E-state index in [2.05, 4.69) is 19.2 Å². The molecule has 6 heteroatoms. The maximum atomic E-state index is 12.5. The molecule has 1 aliphatic carbocycles. The van der Waals surface area contributed by atoms with E-state index in [0.29, 0.717) is 23.4 Å². The zero-order valence-electron chi connectivity index (χ0n) is 12.4. The number of rotatable bonds is 8. The molecule has 2 rings (SSSR count). The van der Waals surface area contributed by atoms with Crippen molar-refractivity contribution < 1.29 is 8.42 Å². The first kappa shape index (κ1) is 15.9. The molecule has 0 radical (unpaired) electrons. The van der Waals surface area contributed by atoms with Crippen LogP contribution in [0.4, 0.5) is 0 Å². The van der Waals surface area contributed by atoms with Crippen molar-refractivity contribution in [3.63, 3.8) is 0 Å². The van der Waals surface area contributed by atoms with E-state index in [-0.39, 0.29) is 0 Å². The number of hydrogen-bond donors (Lipinski definition) is 1. The molecule has 1 atom stereocenters. The molecule has 1 saturated carbocycles. The highest BCUT2D eigenvalue weighted by molar-refractivity contribution is 7.89. The van der Waals surface area contributed by atoms with E-state index >= 15 is 0 Å². The van der Waals surface area contributed by atoms with Crippen LogP contribution < -0.4 is 5.32 Å². The van der Waals surface area contributed by atoms with E-state index in [1.54, 1.807) is 12.4 Å². The summed E-state index contributed by atoms with van der Waals surface area (Å²) >= 11 is 1.52. The second kappa shape index (κ2) is 6.56. The van der Waals surface area contributed by atoms with Crippen LogP contribution in [-0.2, 0) is 16.6 Å². The average Bonchev–Trinajstić information content (AvgIpc) is 3.12. The highest BCUT2D eigenvalue weighted by Crippen LogP contribution is 2.24. The zero-order valence-corrected chi connectivity index (χ0v) is 14.1. The van der Waals surface area contributed by atoms with Gasteiger partial charge in [0, 0.05) is 36.4 Å². The molecule has 114 valence electrons. The summed E-state index contributed by atoms with van der Waals surface area (Å²) in [5.74, 6) is 0.379. The lowest BCUT2D eigenvalue weighted by Gasteiger charge is -2.19. The second-order valence-electron chi connectivity index (χ2n) is 5.70. The minimum Gasteiger partial charge on any atom is -0.309 e. The number of hydrogen-bond acceptors (Lipinski definition) is 4.